The van der Waals surface area contributed by atoms with Crippen LogP contribution in [0, 0.1) is 18.8 Å². The lowest BCUT2D eigenvalue weighted by molar-refractivity contribution is -0.140. The average Bonchev–Trinajstić information content (AvgIpc) is 2.93. The van der Waals surface area contributed by atoms with Crippen molar-refractivity contribution in [3.05, 3.63) is 21.9 Å². The molecule has 88 valence electrons. The zero-order valence-corrected chi connectivity index (χ0v) is 10.1. The van der Waals surface area contributed by atoms with Crippen molar-refractivity contribution in [3.63, 3.8) is 0 Å². The molecule has 1 saturated heterocycles. The summed E-state index contributed by atoms with van der Waals surface area (Å²) >= 11 is 1.39. The van der Waals surface area contributed by atoms with Gasteiger partial charge in [0.2, 0.25) is 11.8 Å². The molecule has 0 bridgehead atoms. The third kappa shape index (κ3) is 1.61. The fourth-order valence-corrected chi connectivity index (χ4v) is 3.01. The third-order valence-electron chi connectivity index (χ3n) is 3.27. The number of carbonyl (C=O) groups excluding carboxylic acids is 3. The third-order valence-corrected chi connectivity index (χ3v) is 4.32. The largest absolute Gasteiger partial charge is 0.291 e. The zero-order chi connectivity index (χ0) is 12.2. The fourth-order valence-electron chi connectivity index (χ4n) is 2.21. The van der Waals surface area contributed by atoms with E-state index in [4.69, 9.17) is 0 Å². The van der Waals surface area contributed by atoms with E-state index in [9.17, 15) is 14.4 Å². The molecule has 3 rings (SSSR count). The molecule has 17 heavy (non-hydrogen) atoms. The zero-order valence-electron chi connectivity index (χ0n) is 9.30. The van der Waals surface area contributed by atoms with Crippen LogP contribution in [0.15, 0.2) is 12.1 Å². The van der Waals surface area contributed by atoms with Crippen LogP contribution < -0.4 is 0 Å². The number of Topliss-reactive ketones (excluding diaryl/α,β-unsaturated/α-hetero) is 1. The van der Waals surface area contributed by atoms with Crippen molar-refractivity contribution in [1.29, 1.82) is 0 Å². The molecule has 0 aromatic carbocycles. The summed E-state index contributed by atoms with van der Waals surface area (Å²) in [5.41, 5.74) is 0. The molecule has 1 aliphatic carbocycles. The second-order valence-corrected chi connectivity index (χ2v) is 5.83. The van der Waals surface area contributed by atoms with Crippen LogP contribution in [0.1, 0.15) is 21.0 Å². The van der Waals surface area contributed by atoms with Crippen molar-refractivity contribution in [2.24, 2.45) is 11.8 Å². The predicted octanol–water partition coefficient (Wildman–Crippen LogP) is 1.24. The van der Waals surface area contributed by atoms with Gasteiger partial charge in [-0.05, 0) is 25.5 Å². The molecule has 2 aliphatic rings. The molecule has 0 radical (unpaired) electrons. The van der Waals surface area contributed by atoms with E-state index in [0.717, 1.165) is 9.78 Å². The maximum atomic E-state index is 11.9. The minimum atomic E-state index is -0.165. The average molecular weight is 249 g/mol. The smallest absolute Gasteiger partial charge is 0.233 e. The Hall–Kier alpha value is -1.49. The summed E-state index contributed by atoms with van der Waals surface area (Å²) in [5, 5.41) is 0. The highest BCUT2D eigenvalue weighted by Gasteiger charge is 2.59. The lowest BCUT2D eigenvalue weighted by atomic mass is 10.3. The summed E-state index contributed by atoms with van der Waals surface area (Å²) in [5.74, 6) is -0.727. The van der Waals surface area contributed by atoms with Gasteiger partial charge in [0.25, 0.3) is 0 Å². The van der Waals surface area contributed by atoms with Gasteiger partial charge in [0.05, 0.1) is 23.3 Å². The number of fused-ring (bicyclic) bond motifs is 1. The molecule has 2 unspecified atom stereocenters. The standard InChI is InChI=1S/C12H11NO3S/c1-6-2-3-10(17-6)9(14)5-13-11(15)7-4-8(7)12(13)16/h2-3,7-8H,4-5H2,1H3. The van der Waals surface area contributed by atoms with E-state index in [1.807, 2.05) is 13.0 Å². The van der Waals surface area contributed by atoms with E-state index in [1.54, 1.807) is 6.07 Å². The number of likely N-dealkylation sites (tertiary alicyclic amines) is 1. The van der Waals surface area contributed by atoms with Crippen LogP contribution in [-0.2, 0) is 9.59 Å². The van der Waals surface area contributed by atoms with E-state index >= 15 is 0 Å². The molecule has 4 nitrogen and oxygen atoms in total. The highest BCUT2D eigenvalue weighted by Crippen LogP contribution is 2.46. The van der Waals surface area contributed by atoms with Crippen LogP contribution in [0.5, 0.6) is 0 Å². The van der Waals surface area contributed by atoms with E-state index in [-0.39, 0.29) is 36.0 Å². The van der Waals surface area contributed by atoms with Gasteiger partial charge < -0.3 is 0 Å². The summed E-state index contributed by atoms with van der Waals surface area (Å²) < 4.78 is 0. The summed E-state index contributed by atoms with van der Waals surface area (Å²) in [6, 6.07) is 3.61. The Labute approximate surface area is 102 Å². The highest BCUT2D eigenvalue weighted by molar-refractivity contribution is 7.14. The van der Waals surface area contributed by atoms with E-state index in [2.05, 4.69) is 0 Å². The molecular weight excluding hydrogens is 238 g/mol. The minimum absolute atomic E-state index is 0.0926. The molecule has 1 aliphatic heterocycles. The van der Waals surface area contributed by atoms with Gasteiger partial charge >= 0.3 is 0 Å². The van der Waals surface area contributed by atoms with Gasteiger partial charge in [0.1, 0.15) is 0 Å². The van der Waals surface area contributed by atoms with Gasteiger partial charge in [-0.15, -0.1) is 11.3 Å². The molecule has 2 fully saturated rings. The van der Waals surface area contributed by atoms with Crippen molar-refractivity contribution in [2.75, 3.05) is 6.54 Å². The Kier molecular flexibility index (Phi) is 2.19. The second-order valence-electron chi connectivity index (χ2n) is 4.54. The minimum Gasteiger partial charge on any atom is -0.291 e. The Morgan fingerprint density at radius 3 is 2.53 bits per heavy atom. The first-order valence-electron chi connectivity index (χ1n) is 5.53. The molecule has 1 aromatic heterocycles. The van der Waals surface area contributed by atoms with E-state index in [0.29, 0.717) is 11.3 Å². The summed E-state index contributed by atoms with van der Waals surface area (Å²) in [7, 11) is 0. The number of carbonyl (C=O) groups is 3. The molecule has 2 atom stereocenters. The number of piperidine rings is 1. The van der Waals surface area contributed by atoms with E-state index in [1.165, 1.54) is 11.3 Å². The van der Waals surface area contributed by atoms with Crippen molar-refractivity contribution >= 4 is 28.9 Å². The molecular formula is C12H11NO3S. The van der Waals surface area contributed by atoms with Crippen molar-refractivity contribution in [1.82, 2.24) is 4.90 Å². The Balaban J connectivity index is 1.74. The number of thiophene rings is 1. The van der Waals surface area contributed by atoms with Crippen LogP contribution in [0.2, 0.25) is 0 Å². The molecule has 2 amide bonds. The van der Waals surface area contributed by atoms with Gasteiger partial charge in [-0.3, -0.25) is 19.3 Å². The number of amides is 2. The molecule has 1 aromatic rings. The topological polar surface area (TPSA) is 54.5 Å². The fraction of sp³-hybridized carbons (Fsp3) is 0.417. The number of nitrogens with zero attached hydrogens (tertiary/aromatic N) is 1. The van der Waals surface area contributed by atoms with Crippen LogP contribution >= 0.6 is 11.3 Å². The SMILES string of the molecule is Cc1ccc(C(=O)CN2C(=O)C3CC3C2=O)s1. The van der Waals surface area contributed by atoms with Crippen LogP contribution in [0.3, 0.4) is 0 Å². The molecule has 1 saturated carbocycles. The van der Waals surface area contributed by atoms with Gasteiger partial charge in [0, 0.05) is 4.88 Å². The molecule has 0 N–H and O–H groups in total. The Bertz CT molecular complexity index is 514. The van der Waals surface area contributed by atoms with Gasteiger partial charge in [-0.2, -0.15) is 0 Å². The van der Waals surface area contributed by atoms with Crippen molar-refractivity contribution in [2.45, 2.75) is 13.3 Å². The maximum Gasteiger partial charge on any atom is 0.233 e. The second kappa shape index (κ2) is 3.50. The number of rotatable bonds is 3. The number of aryl methyl sites for hydroxylation is 1. The lowest BCUT2D eigenvalue weighted by Crippen LogP contribution is -2.37. The first-order valence-corrected chi connectivity index (χ1v) is 6.34. The number of hydrogen-bond acceptors (Lipinski definition) is 4. The molecule has 0 spiro atoms. The quantitative estimate of drug-likeness (QED) is 0.598. The van der Waals surface area contributed by atoms with Gasteiger partial charge in [-0.1, -0.05) is 0 Å². The lowest BCUT2D eigenvalue weighted by Gasteiger charge is -2.14. The Morgan fingerprint density at radius 1 is 1.35 bits per heavy atom. The highest BCUT2D eigenvalue weighted by atomic mass is 32.1. The number of ketones is 1. The van der Waals surface area contributed by atoms with Crippen molar-refractivity contribution < 1.29 is 14.4 Å². The first-order chi connectivity index (χ1) is 8.08. The van der Waals surface area contributed by atoms with Crippen LogP contribution in [0.4, 0.5) is 0 Å². The van der Waals surface area contributed by atoms with Crippen molar-refractivity contribution in [3.8, 4) is 0 Å². The predicted molar refractivity (Wildman–Crippen MR) is 61.7 cm³/mol. The number of imide groups is 1. The van der Waals surface area contributed by atoms with E-state index < -0.39 is 0 Å². The Morgan fingerprint density at radius 2 is 2.00 bits per heavy atom. The number of hydrogen-bond donors (Lipinski definition) is 0. The van der Waals surface area contributed by atoms with Crippen LogP contribution in [0.25, 0.3) is 0 Å². The molecule has 5 heteroatoms. The monoisotopic (exact) mass is 249 g/mol. The summed E-state index contributed by atoms with van der Waals surface area (Å²) in [6.45, 7) is 1.83. The maximum absolute atomic E-state index is 11.9. The normalized spacial score (nSPS) is 26.3. The first kappa shape index (κ1) is 10.7. The van der Waals surface area contributed by atoms with Crippen LogP contribution in [-0.4, -0.2) is 29.0 Å². The summed E-state index contributed by atoms with van der Waals surface area (Å²) in [6.07, 6.45) is 0.681. The van der Waals surface area contributed by atoms with Gasteiger partial charge in [-0.25, -0.2) is 0 Å². The van der Waals surface area contributed by atoms with Gasteiger partial charge in [0.15, 0.2) is 5.78 Å². The molecule has 2 heterocycles. The summed E-state index contributed by atoms with van der Waals surface area (Å²) in [4.78, 5) is 38.0.